The fourth-order valence-electron chi connectivity index (χ4n) is 5.22. The molecule has 0 spiro atoms. The van der Waals surface area contributed by atoms with Crippen LogP contribution in [0.2, 0.25) is 0 Å². The van der Waals surface area contributed by atoms with Gasteiger partial charge in [0, 0.05) is 22.9 Å². The molecule has 5 rings (SSSR count). The first-order chi connectivity index (χ1) is 25.1. The van der Waals surface area contributed by atoms with E-state index in [9.17, 15) is 0 Å². The van der Waals surface area contributed by atoms with Gasteiger partial charge in [0.1, 0.15) is 0 Å². The van der Waals surface area contributed by atoms with Gasteiger partial charge >= 0.3 is 0 Å². The average Bonchev–Trinajstić information content (AvgIpc) is 3.03. The van der Waals surface area contributed by atoms with Gasteiger partial charge in [0.05, 0.1) is 0 Å². The van der Waals surface area contributed by atoms with Gasteiger partial charge in [0.15, 0.2) is 0 Å². The van der Waals surface area contributed by atoms with Crippen LogP contribution in [0.1, 0.15) is 121 Å². The van der Waals surface area contributed by atoms with Gasteiger partial charge < -0.3 is 5.73 Å². The lowest BCUT2D eigenvalue weighted by atomic mass is 9.86. The Morgan fingerprint density at radius 1 is 0.449 bits per heavy atom. The molecular formula is C46H57Br2N. The minimum absolute atomic E-state index is 0.120. The highest BCUT2D eigenvalue weighted by Gasteiger charge is 2.15. The minimum atomic E-state index is -2.11. The topological polar surface area (TPSA) is 26.0 Å². The number of nitrogen functional groups attached to an aromatic ring is 1. The van der Waals surface area contributed by atoms with Crippen molar-refractivity contribution in [2.45, 2.75) is 105 Å². The zero-order chi connectivity index (χ0) is 41.6. The molecule has 0 saturated heterocycles. The second-order valence-corrected chi connectivity index (χ2v) is 17.6. The van der Waals surface area contributed by atoms with Gasteiger partial charge in [-0.15, -0.1) is 0 Å². The number of hydrogen-bond acceptors (Lipinski definition) is 1. The maximum Gasteiger partial charge on any atom is 0.0314 e. The Bertz CT molecular complexity index is 1880. The molecule has 5 aromatic rings. The van der Waals surface area contributed by atoms with Gasteiger partial charge in [-0.1, -0.05) is 179 Å². The predicted molar refractivity (Wildman–Crippen MR) is 223 cm³/mol. The summed E-state index contributed by atoms with van der Waals surface area (Å²) >= 11 is 6.45. The van der Waals surface area contributed by atoms with Crippen LogP contribution in [-0.4, -0.2) is 0 Å². The van der Waals surface area contributed by atoms with Crippen molar-refractivity contribution < 1.29 is 8.22 Å². The largest absolute Gasteiger partial charge is 0.399 e. The monoisotopic (exact) mass is 787 g/mol. The molecule has 0 radical (unpaired) electrons. The van der Waals surface area contributed by atoms with Crippen LogP contribution in [0.5, 0.6) is 0 Å². The van der Waals surface area contributed by atoms with Crippen molar-refractivity contribution in [3.05, 3.63) is 168 Å². The molecule has 260 valence electrons. The van der Waals surface area contributed by atoms with E-state index in [1.54, 1.807) is 18.2 Å². The van der Waals surface area contributed by atoms with Crippen molar-refractivity contribution in [1.29, 1.82) is 0 Å². The maximum atomic E-state index is 7.95. The Kier molecular flexibility index (Phi) is 11.2. The lowest BCUT2D eigenvalue weighted by Crippen LogP contribution is -2.10. The number of rotatable bonds is 4. The van der Waals surface area contributed by atoms with Gasteiger partial charge in [0.25, 0.3) is 0 Å². The van der Waals surface area contributed by atoms with E-state index in [2.05, 4.69) is 161 Å². The molecule has 0 aliphatic heterocycles. The number of benzene rings is 5. The van der Waals surface area contributed by atoms with E-state index in [0.717, 1.165) is 38.6 Å². The summed E-state index contributed by atoms with van der Waals surface area (Å²) in [6, 6.07) is 36.2. The number of hydrogen-bond donors (Lipinski definition) is 1. The van der Waals surface area contributed by atoms with Gasteiger partial charge in [-0.05, 0) is 118 Å². The Hall–Kier alpha value is -3.14. The van der Waals surface area contributed by atoms with E-state index in [-0.39, 0.29) is 16.2 Å². The van der Waals surface area contributed by atoms with Gasteiger partial charge in [-0.3, -0.25) is 0 Å². The highest BCUT2D eigenvalue weighted by Crippen LogP contribution is 2.26. The Labute approximate surface area is 323 Å². The number of anilines is 1. The summed E-state index contributed by atoms with van der Waals surface area (Å²) in [5.41, 5.74) is 16.0. The van der Waals surface area contributed by atoms with Crippen molar-refractivity contribution >= 4 is 37.5 Å². The molecular weight excluding hydrogens is 726 g/mol. The number of nitrogens with two attached hydrogens (primary N) is 1. The van der Waals surface area contributed by atoms with Crippen molar-refractivity contribution in [1.82, 2.24) is 0 Å². The Morgan fingerprint density at radius 3 is 1.10 bits per heavy atom. The van der Waals surface area contributed by atoms with Crippen LogP contribution >= 0.6 is 31.9 Å². The quantitative estimate of drug-likeness (QED) is 0.180. The molecule has 0 fully saturated rings. The van der Waals surface area contributed by atoms with E-state index in [1.165, 1.54) is 27.8 Å². The highest BCUT2D eigenvalue weighted by atomic mass is 79.9. The summed E-state index contributed by atoms with van der Waals surface area (Å²) in [5, 5.41) is 0. The first kappa shape index (κ1) is 31.8. The van der Waals surface area contributed by atoms with Crippen molar-refractivity contribution in [2.75, 3.05) is 5.73 Å². The molecule has 0 heterocycles. The third-order valence-electron chi connectivity index (χ3n) is 8.15. The third-order valence-corrected chi connectivity index (χ3v) is 9.06. The lowest BCUT2D eigenvalue weighted by molar-refractivity contribution is 0.590. The predicted octanol–water partition coefficient (Wildman–Crippen LogP) is 13.9. The summed E-state index contributed by atoms with van der Waals surface area (Å²) in [6.45, 7) is 15.7. The van der Waals surface area contributed by atoms with Gasteiger partial charge in [-0.25, -0.2) is 0 Å². The molecule has 49 heavy (non-hydrogen) atoms. The second kappa shape index (κ2) is 17.2. The molecule has 0 saturated carbocycles. The molecule has 0 atom stereocenters. The maximum absolute atomic E-state index is 7.95. The Balaban J connectivity index is 0.000000286. The number of aryl methyl sites for hydroxylation is 2. The van der Waals surface area contributed by atoms with Crippen molar-refractivity contribution in [3.8, 4) is 0 Å². The fourth-order valence-corrected chi connectivity index (χ4v) is 6.51. The molecule has 1 nitrogen and oxygen atoms in total. The third kappa shape index (κ3) is 13.9. The van der Waals surface area contributed by atoms with Crippen LogP contribution in [0.4, 0.5) is 5.69 Å². The lowest BCUT2D eigenvalue weighted by Gasteiger charge is -2.19. The minimum Gasteiger partial charge on any atom is -0.399 e. The first-order valence-corrected chi connectivity index (χ1v) is 18.3. The second-order valence-electron chi connectivity index (χ2n) is 15.8. The summed E-state index contributed by atoms with van der Waals surface area (Å²) in [5.74, 6) is 0. The standard InChI is InChI=1S/C29H36.C10H15N.C7H6Br2/c1-21-16-24(18-22-8-12-26(13-9-22)28(2,3)4)20-25(17-21)19-23-10-14-27(15-11-23)29(5,6)7;1-10(2,3)8-4-6-9(11)7-5-8;1-5-2-6(8)4-7(9)3-5/h8-17,20H,18-19H2,1-7H3;4-7H,11H2,1-3H3;2-4H,1H3/i1D3;;1D3. The van der Waals surface area contributed by atoms with Crippen LogP contribution in [0.15, 0.2) is 118 Å². The van der Waals surface area contributed by atoms with Crippen molar-refractivity contribution in [2.24, 2.45) is 0 Å². The number of halogens is 2. The van der Waals surface area contributed by atoms with Crippen molar-refractivity contribution in [3.63, 3.8) is 0 Å². The van der Waals surface area contributed by atoms with Crippen LogP contribution in [0, 0.1) is 13.7 Å². The van der Waals surface area contributed by atoms with Gasteiger partial charge in [0.2, 0.25) is 0 Å². The summed E-state index contributed by atoms with van der Waals surface area (Å²) < 4.78 is 46.9. The normalized spacial score (nSPS) is 13.9. The first-order valence-electron chi connectivity index (χ1n) is 19.8. The van der Waals surface area contributed by atoms with Crippen LogP contribution in [-0.2, 0) is 29.1 Å². The van der Waals surface area contributed by atoms with E-state index in [0.29, 0.717) is 11.1 Å². The van der Waals surface area contributed by atoms with Crippen LogP contribution in [0.3, 0.4) is 0 Å². The summed E-state index contributed by atoms with van der Waals surface area (Å²) in [6.07, 6.45) is 1.45. The molecule has 0 aliphatic rings. The van der Waals surface area contributed by atoms with Crippen LogP contribution < -0.4 is 5.73 Å². The molecule has 2 N–H and O–H groups in total. The van der Waals surface area contributed by atoms with E-state index >= 15 is 0 Å². The molecule has 3 heteroatoms. The zero-order valence-corrected chi connectivity index (χ0v) is 33.8. The van der Waals surface area contributed by atoms with Gasteiger partial charge in [-0.2, -0.15) is 0 Å². The molecule has 0 unspecified atom stereocenters. The van der Waals surface area contributed by atoms with Crippen LogP contribution in [0.25, 0.3) is 0 Å². The SMILES string of the molecule is CC(C)(C)c1ccc(N)cc1.[2H]C([2H])([2H])c1cc(Br)cc(Br)c1.[2H]C([2H])([2H])c1cc(Cc2ccc(C(C)(C)C)cc2)cc(Cc2ccc(C(C)(C)C)cc2)c1. The zero-order valence-electron chi connectivity index (χ0n) is 36.6. The van der Waals surface area contributed by atoms with E-state index in [4.69, 9.17) is 14.0 Å². The summed E-state index contributed by atoms with van der Waals surface area (Å²) in [4.78, 5) is 0. The molecule has 0 amide bonds. The average molecular weight is 790 g/mol. The highest BCUT2D eigenvalue weighted by molar-refractivity contribution is 9.11. The molecule has 0 bridgehead atoms. The molecule has 5 aromatic carbocycles. The molecule has 0 aromatic heterocycles. The molecule has 0 aliphatic carbocycles. The fraction of sp³-hybridized carbons (Fsp3) is 0.348. The smallest absolute Gasteiger partial charge is 0.0314 e. The summed E-state index contributed by atoms with van der Waals surface area (Å²) in [7, 11) is 0. The Morgan fingerprint density at radius 2 is 0.776 bits per heavy atom. The van der Waals surface area contributed by atoms with E-state index < -0.39 is 13.7 Å². The van der Waals surface area contributed by atoms with E-state index in [1.807, 2.05) is 24.3 Å².